The van der Waals surface area contributed by atoms with E-state index in [1.165, 1.54) is 5.56 Å². The molecule has 2 aromatic rings. The topological polar surface area (TPSA) is 34.1 Å². The average molecular weight is 321 g/mol. The summed E-state index contributed by atoms with van der Waals surface area (Å²) in [7, 11) is 0. The summed E-state index contributed by atoms with van der Waals surface area (Å²) in [5.41, 5.74) is 2.26. The second-order valence-corrected chi connectivity index (χ2v) is 5.13. The van der Waals surface area contributed by atoms with Crippen LogP contribution in [-0.4, -0.2) is 18.1 Å². The number of nitrogens with one attached hydrogen (secondary N) is 1. The van der Waals surface area contributed by atoms with Crippen LogP contribution in [0.2, 0.25) is 0 Å². The van der Waals surface area contributed by atoms with Crippen LogP contribution in [0.5, 0.6) is 5.75 Å². The predicted molar refractivity (Wildman–Crippen MR) is 80.3 cm³/mol. The summed E-state index contributed by atoms with van der Waals surface area (Å²) in [6, 6.07) is 12.0. The Hall–Kier alpha value is -1.39. The van der Waals surface area contributed by atoms with E-state index in [0.29, 0.717) is 6.61 Å². The molecule has 0 amide bonds. The lowest BCUT2D eigenvalue weighted by Crippen LogP contribution is -2.21. The predicted octanol–water partition coefficient (Wildman–Crippen LogP) is 3.32. The first-order chi connectivity index (χ1) is 9.25. The largest absolute Gasteiger partial charge is 0.491 e. The third-order valence-electron chi connectivity index (χ3n) is 2.66. The highest BCUT2D eigenvalue weighted by Crippen LogP contribution is 2.25. The summed E-state index contributed by atoms with van der Waals surface area (Å²) in [5.74, 6) is 0.880. The number of benzene rings is 1. The molecule has 0 fully saturated rings. The van der Waals surface area contributed by atoms with Crippen molar-refractivity contribution in [3.8, 4) is 5.75 Å². The maximum absolute atomic E-state index is 5.70. The molecule has 100 valence electrons. The van der Waals surface area contributed by atoms with Gasteiger partial charge in [0.1, 0.15) is 12.4 Å². The molecule has 1 heterocycles. The first-order valence-electron chi connectivity index (χ1n) is 6.25. The summed E-state index contributed by atoms with van der Waals surface area (Å²) in [5, 5.41) is 3.30. The number of hydrogen-bond donors (Lipinski definition) is 1. The Morgan fingerprint density at radius 3 is 2.89 bits per heavy atom. The van der Waals surface area contributed by atoms with Gasteiger partial charge in [-0.05, 0) is 52.7 Å². The van der Waals surface area contributed by atoms with Gasteiger partial charge in [-0.25, -0.2) is 0 Å². The van der Waals surface area contributed by atoms with Crippen LogP contribution in [0, 0.1) is 6.92 Å². The normalized spacial score (nSPS) is 10.4. The molecule has 2 rings (SSSR count). The standard InChI is InChI=1S/C15H17BrN2O/c1-12-5-6-15(14(16)10-12)19-9-8-17-11-13-4-2-3-7-18-13/h2-7,10,17H,8-9,11H2,1H3. The van der Waals surface area contributed by atoms with Crippen molar-refractivity contribution in [3.05, 3.63) is 58.3 Å². The smallest absolute Gasteiger partial charge is 0.133 e. The van der Waals surface area contributed by atoms with Crippen molar-refractivity contribution in [1.29, 1.82) is 0 Å². The molecule has 0 saturated heterocycles. The molecule has 0 aliphatic heterocycles. The van der Waals surface area contributed by atoms with Gasteiger partial charge in [0.2, 0.25) is 0 Å². The Morgan fingerprint density at radius 2 is 2.16 bits per heavy atom. The van der Waals surface area contributed by atoms with E-state index in [2.05, 4.69) is 39.2 Å². The number of rotatable bonds is 6. The number of aromatic nitrogens is 1. The van der Waals surface area contributed by atoms with Gasteiger partial charge in [0, 0.05) is 19.3 Å². The molecule has 0 atom stereocenters. The zero-order valence-corrected chi connectivity index (χ0v) is 12.5. The van der Waals surface area contributed by atoms with Gasteiger partial charge in [-0.3, -0.25) is 4.98 Å². The van der Waals surface area contributed by atoms with Gasteiger partial charge in [-0.1, -0.05) is 12.1 Å². The molecule has 19 heavy (non-hydrogen) atoms. The molecule has 0 radical (unpaired) electrons. The molecular weight excluding hydrogens is 304 g/mol. The molecule has 0 spiro atoms. The van der Waals surface area contributed by atoms with Gasteiger partial charge in [0.25, 0.3) is 0 Å². The van der Waals surface area contributed by atoms with Crippen molar-refractivity contribution in [3.63, 3.8) is 0 Å². The molecular formula is C15H17BrN2O. The Bertz CT molecular complexity index is 517. The van der Waals surface area contributed by atoms with Crippen LogP contribution in [0.1, 0.15) is 11.3 Å². The molecule has 3 nitrogen and oxygen atoms in total. The van der Waals surface area contributed by atoms with Crippen molar-refractivity contribution < 1.29 is 4.74 Å². The Morgan fingerprint density at radius 1 is 1.26 bits per heavy atom. The highest BCUT2D eigenvalue weighted by molar-refractivity contribution is 9.10. The number of hydrogen-bond acceptors (Lipinski definition) is 3. The molecule has 1 N–H and O–H groups in total. The maximum Gasteiger partial charge on any atom is 0.133 e. The zero-order chi connectivity index (χ0) is 13.5. The summed E-state index contributed by atoms with van der Waals surface area (Å²) in [6.07, 6.45) is 1.80. The third-order valence-corrected chi connectivity index (χ3v) is 3.28. The van der Waals surface area contributed by atoms with E-state index < -0.39 is 0 Å². The molecule has 1 aromatic heterocycles. The summed E-state index contributed by atoms with van der Waals surface area (Å²) >= 11 is 3.50. The number of nitrogens with zero attached hydrogens (tertiary/aromatic N) is 1. The minimum atomic E-state index is 0.633. The zero-order valence-electron chi connectivity index (χ0n) is 10.9. The lowest BCUT2D eigenvalue weighted by molar-refractivity contribution is 0.311. The lowest BCUT2D eigenvalue weighted by atomic mass is 10.2. The molecule has 0 unspecified atom stereocenters. The minimum Gasteiger partial charge on any atom is -0.491 e. The average Bonchev–Trinajstić information content (AvgIpc) is 2.42. The number of aryl methyl sites for hydroxylation is 1. The van der Waals surface area contributed by atoms with Crippen molar-refractivity contribution in [1.82, 2.24) is 10.3 Å². The minimum absolute atomic E-state index is 0.633. The number of ether oxygens (including phenoxy) is 1. The second kappa shape index (κ2) is 7.26. The fourth-order valence-electron chi connectivity index (χ4n) is 1.68. The summed E-state index contributed by atoms with van der Waals surface area (Å²) in [4.78, 5) is 4.25. The molecule has 0 aliphatic carbocycles. The van der Waals surface area contributed by atoms with Crippen LogP contribution in [0.4, 0.5) is 0 Å². The van der Waals surface area contributed by atoms with Gasteiger partial charge < -0.3 is 10.1 Å². The van der Waals surface area contributed by atoms with E-state index in [-0.39, 0.29) is 0 Å². The van der Waals surface area contributed by atoms with Crippen molar-refractivity contribution in [2.24, 2.45) is 0 Å². The van der Waals surface area contributed by atoms with Gasteiger partial charge in [0.05, 0.1) is 10.2 Å². The van der Waals surface area contributed by atoms with Gasteiger partial charge in [-0.15, -0.1) is 0 Å². The van der Waals surface area contributed by atoms with Crippen molar-refractivity contribution in [2.75, 3.05) is 13.2 Å². The molecule has 0 saturated carbocycles. The van der Waals surface area contributed by atoms with Crippen LogP contribution in [0.3, 0.4) is 0 Å². The fraction of sp³-hybridized carbons (Fsp3) is 0.267. The van der Waals surface area contributed by atoms with E-state index in [9.17, 15) is 0 Å². The summed E-state index contributed by atoms with van der Waals surface area (Å²) < 4.78 is 6.70. The second-order valence-electron chi connectivity index (χ2n) is 4.28. The number of pyridine rings is 1. The monoisotopic (exact) mass is 320 g/mol. The van der Waals surface area contributed by atoms with Crippen LogP contribution in [0.15, 0.2) is 47.1 Å². The van der Waals surface area contributed by atoms with Gasteiger partial charge >= 0.3 is 0 Å². The first-order valence-corrected chi connectivity index (χ1v) is 7.04. The Balaban J connectivity index is 1.69. The van der Waals surface area contributed by atoms with Gasteiger partial charge in [0.15, 0.2) is 0 Å². The SMILES string of the molecule is Cc1ccc(OCCNCc2ccccn2)c(Br)c1. The highest BCUT2D eigenvalue weighted by Gasteiger charge is 2.00. The van der Waals surface area contributed by atoms with E-state index in [1.54, 1.807) is 6.20 Å². The fourth-order valence-corrected chi connectivity index (χ4v) is 2.28. The Kier molecular flexibility index (Phi) is 5.36. The summed E-state index contributed by atoms with van der Waals surface area (Å²) in [6.45, 7) is 4.24. The lowest BCUT2D eigenvalue weighted by Gasteiger charge is -2.09. The van der Waals surface area contributed by atoms with Crippen LogP contribution < -0.4 is 10.1 Å². The van der Waals surface area contributed by atoms with Crippen molar-refractivity contribution >= 4 is 15.9 Å². The van der Waals surface area contributed by atoms with Crippen LogP contribution in [0.25, 0.3) is 0 Å². The Labute approximate surface area is 122 Å². The van der Waals surface area contributed by atoms with Crippen LogP contribution in [-0.2, 0) is 6.54 Å². The van der Waals surface area contributed by atoms with Crippen molar-refractivity contribution in [2.45, 2.75) is 13.5 Å². The van der Waals surface area contributed by atoms with E-state index >= 15 is 0 Å². The van der Waals surface area contributed by atoms with E-state index in [4.69, 9.17) is 4.74 Å². The maximum atomic E-state index is 5.70. The van der Waals surface area contributed by atoms with E-state index in [0.717, 1.165) is 29.0 Å². The molecule has 0 bridgehead atoms. The third kappa shape index (κ3) is 4.65. The van der Waals surface area contributed by atoms with E-state index in [1.807, 2.05) is 30.3 Å². The van der Waals surface area contributed by atoms with Gasteiger partial charge in [-0.2, -0.15) is 0 Å². The highest BCUT2D eigenvalue weighted by atomic mass is 79.9. The molecule has 0 aliphatic rings. The molecule has 1 aromatic carbocycles. The molecule has 4 heteroatoms. The number of halogens is 1. The quantitative estimate of drug-likeness (QED) is 0.829. The first kappa shape index (κ1) is 14.0. The van der Waals surface area contributed by atoms with Crippen LogP contribution >= 0.6 is 15.9 Å².